The van der Waals surface area contributed by atoms with E-state index >= 15 is 0 Å². The minimum Gasteiger partial charge on any atom is -0.480 e. The number of nitrogens with zero attached hydrogens (tertiary/aromatic N) is 3. The average Bonchev–Trinajstić information content (AvgIpc) is 2.76. The van der Waals surface area contributed by atoms with Gasteiger partial charge in [0, 0.05) is 30.9 Å². The highest BCUT2D eigenvalue weighted by Crippen LogP contribution is 2.22. The highest BCUT2D eigenvalue weighted by Gasteiger charge is 2.44. The van der Waals surface area contributed by atoms with Crippen LogP contribution in [0.1, 0.15) is 18.1 Å². The summed E-state index contributed by atoms with van der Waals surface area (Å²) in [7, 11) is 0. The van der Waals surface area contributed by atoms with Crippen molar-refractivity contribution in [3.63, 3.8) is 0 Å². The molecule has 2 aromatic rings. The summed E-state index contributed by atoms with van der Waals surface area (Å²) in [6, 6.07) is 8.54. The van der Waals surface area contributed by atoms with Crippen molar-refractivity contribution in [1.29, 1.82) is 5.41 Å². The zero-order valence-corrected chi connectivity index (χ0v) is 16.9. The van der Waals surface area contributed by atoms with E-state index < -0.39 is 30.1 Å². The minimum atomic E-state index is -1.24. The Balaban J connectivity index is 1.85. The molecular formula is C21H23N5O5. The van der Waals surface area contributed by atoms with Crippen LogP contribution in [0.25, 0.3) is 0 Å². The van der Waals surface area contributed by atoms with Gasteiger partial charge in [0.15, 0.2) is 6.23 Å². The molecule has 0 aliphatic carbocycles. The number of carbonyl (C=O) groups excluding carboxylic acids is 2. The number of carbonyl (C=O) groups is 3. The number of likely N-dealkylation sites (N-methyl/N-ethyl adjacent to an activating group) is 1. The number of piperazine rings is 1. The average molecular weight is 425 g/mol. The Bertz CT molecular complexity index is 979. The van der Waals surface area contributed by atoms with Gasteiger partial charge in [0.2, 0.25) is 0 Å². The standard InChI is InChI=1S/C21H23N5O5/c1-2-25-17(31-15-7-5-14(6-8-15)18(22)23)12-26(20(28)19(25)27)16(21(29)30)10-13-4-3-9-24-11-13/h3-9,11,16-17H,2,10,12H2,1H3,(H3,22,23)(H,29,30). The highest BCUT2D eigenvalue weighted by atomic mass is 16.5. The van der Waals surface area contributed by atoms with Crippen LogP contribution in [-0.4, -0.2) is 68.9 Å². The van der Waals surface area contributed by atoms with Crippen LogP contribution in [-0.2, 0) is 20.8 Å². The van der Waals surface area contributed by atoms with E-state index in [0.717, 1.165) is 4.90 Å². The lowest BCUT2D eigenvalue weighted by Gasteiger charge is -2.41. The van der Waals surface area contributed by atoms with E-state index in [1.165, 1.54) is 11.1 Å². The summed E-state index contributed by atoms with van der Waals surface area (Å²) < 4.78 is 5.92. The second kappa shape index (κ2) is 9.24. The molecule has 31 heavy (non-hydrogen) atoms. The van der Waals surface area contributed by atoms with Crippen molar-refractivity contribution < 1.29 is 24.2 Å². The summed E-state index contributed by atoms with van der Waals surface area (Å²) in [6.07, 6.45) is 2.23. The zero-order chi connectivity index (χ0) is 22.5. The van der Waals surface area contributed by atoms with E-state index in [4.69, 9.17) is 15.9 Å². The number of ether oxygens (including phenoxy) is 1. The zero-order valence-electron chi connectivity index (χ0n) is 16.9. The molecule has 2 heterocycles. The summed E-state index contributed by atoms with van der Waals surface area (Å²) in [6.45, 7) is 1.82. The fourth-order valence-electron chi connectivity index (χ4n) is 3.39. The van der Waals surface area contributed by atoms with E-state index in [1.807, 2.05) is 0 Å². The number of carboxylic acid groups (broad SMARTS) is 1. The minimum absolute atomic E-state index is 0.00828. The van der Waals surface area contributed by atoms with Crippen molar-refractivity contribution in [2.45, 2.75) is 25.6 Å². The molecule has 2 amide bonds. The maximum atomic E-state index is 12.7. The number of nitrogens with two attached hydrogens (primary N) is 1. The maximum Gasteiger partial charge on any atom is 0.326 e. The number of amides is 2. The molecule has 162 valence electrons. The summed E-state index contributed by atoms with van der Waals surface area (Å²) >= 11 is 0. The van der Waals surface area contributed by atoms with Crippen molar-refractivity contribution >= 4 is 23.6 Å². The SMILES string of the molecule is CCN1C(=O)C(=O)N(C(Cc2cccnc2)C(=O)O)CC1Oc1ccc(C(=N)N)cc1. The Hall–Kier alpha value is -3.95. The fraction of sp³-hybridized carbons (Fsp3) is 0.286. The number of benzene rings is 1. The molecule has 3 rings (SSSR count). The topological polar surface area (TPSA) is 150 Å². The van der Waals surface area contributed by atoms with Crippen molar-refractivity contribution in [2.24, 2.45) is 5.73 Å². The van der Waals surface area contributed by atoms with Gasteiger partial charge in [-0.3, -0.25) is 24.9 Å². The number of carboxylic acids is 1. The molecule has 10 nitrogen and oxygen atoms in total. The molecule has 0 bridgehead atoms. The third-order valence-corrected chi connectivity index (χ3v) is 5.00. The summed E-state index contributed by atoms with van der Waals surface area (Å²) in [5.74, 6) is -2.62. The molecule has 0 spiro atoms. The van der Waals surface area contributed by atoms with Crippen LogP contribution < -0.4 is 10.5 Å². The van der Waals surface area contributed by atoms with Crippen LogP contribution in [0.4, 0.5) is 0 Å². The monoisotopic (exact) mass is 425 g/mol. The third-order valence-electron chi connectivity index (χ3n) is 5.00. The van der Waals surface area contributed by atoms with Crippen LogP contribution in [0.2, 0.25) is 0 Å². The van der Waals surface area contributed by atoms with E-state index in [0.29, 0.717) is 16.9 Å². The molecule has 1 fully saturated rings. The number of aromatic nitrogens is 1. The fourth-order valence-corrected chi connectivity index (χ4v) is 3.39. The first-order valence-corrected chi connectivity index (χ1v) is 9.66. The van der Waals surface area contributed by atoms with E-state index in [2.05, 4.69) is 4.98 Å². The van der Waals surface area contributed by atoms with Gasteiger partial charge in [-0.05, 0) is 42.8 Å². The second-order valence-electron chi connectivity index (χ2n) is 6.98. The molecular weight excluding hydrogens is 402 g/mol. The number of rotatable bonds is 8. The lowest BCUT2D eigenvalue weighted by molar-refractivity contribution is -0.171. The molecule has 10 heteroatoms. The summed E-state index contributed by atoms with van der Waals surface area (Å²) in [5, 5.41) is 17.2. The Labute approximate surface area is 178 Å². The smallest absolute Gasteiger partial charge is 0.326 e. The molecule has 0 saturated carbocycles. The number of amidine groups is 1. The van der Waals surface area contributed by atoms with Crippen molar-refractivity contribution in [3.05, 3.63) is 59.9 Å². The van der Waals surface area contributed by atoms with Crippen LogP contribution in [0.15, 0.2) is 48.8 Å². The number of nitrogens with one attached hydrogen (secondary N) is 1. The predicted octanol–water partition coefficient (Wildman–Crippen LogP) is 0.457. The molecule has 1 aliphatic heterocycles. The van der Waals surface area contributed by atoms with Gasteiger partial charge in [0.05, 0.1) is 6.54 Å². The van der Waals surface area contributed by atoms with Gasteiger partial charge in [-0.2, -0.15) is 0 Å². The van der Waals surface area contributed by atoms with Crippen molar-refractivity contribution in [3.8, 4) is 5.75 Å². The van der Waals surface area contributed by atoms with Crippen molar-refractivity contribution in [2.75, 3.05) is 13.1 Å². The summed E-state index contributed by atoms with van der Waals surface area (Å²) in [4.78, 5) is 43.6. The molecule has 2 unspecified atom stereocenters. The van der Waals surface area contributed by atoms with E-state index in [1.54, 1.807) is 49.5 Å². The van der Waals surface area contributed by atoms with Gasteiger partial charge in [-0.1, -0.05) is 6.07 Å². The predicted molar refractivity (Wildman–Crippen MR) is 110 cm³/mol. The van der Waals surface area contributed by atoms with Crippen LogP contribution in [0.5, 0.6) is 5.75 Å². The molecule has 1 saturated heterocycles. The quantitative estimate of drug-likeness (QED) is 0.316. The largest absolute Gasteiger partial charge is 0.480 e. The lowest BCUT2D eigenvalue weighted by Crippen LogP contribution is -2.64. The lowest BCUT2D eigenvalue weighted by atomic mass is 10.0. The van der Waals surface area contributed by atoms with Crippen LogP contribution in [0.3, 0.4) is 0 Å². The Kier molecular flexibility index (Phi) is 6.49. The maximum absolute atomic E-state index is 12.7. The molecule has 4 N–H and O–H groups in total. The first-order valence-electron chi connectivity index (χ1n) is 9.66. The van der Waals surface area contributed by atoms with Gasteiger partial charge >= 0.3 is 17.8 Å². The number of nitrogen functional groups attached to an aromatic ring is 1. The van der Waals surface area contributed by atoms with Crippen LogP contribution in [0, 0.1) is 5.41 Å². The first-order chi connectivity index (χ1) is 14.8. The number of pyridine rings is 1. The third kappa shape index (κ3) is 4.80. The highest BCUT2D eigenvalue weighted by molar-refractivity contribution is 6.35. The second-order valence-corrected chi connectivity index (χ2v) is 6.98. The summed E-state index contributed by atoms with van der Waals surface area (Å²) in [5.41, 5.74) is 6.60. The molecule has 2 atom stereocenters. The van der Waals surface area contributed by atoms with E-state index in [9.17, 15) is 19.5 Å². The van der Waals surface area contributed by atoms with Gasteiger partial charge in [0.25, 0.3) is 0 Å². The molecule has 1 aromatic carbocycles. The van der Waals surface area contributed by atoms with E-state index in [-0.39, 0.29) is 25.3 Å². The number of hydrogen-bond donors (Lipinski definition) is 3. The Morgan fingerprint density at radius 3 is 2.55 bits per heavy atom. The Morgan fingerprint density at radius 2 is 2.00 bits per heavy atom. The molecule has 1 aromatic heterocycles. The normalized spacial score (nSPS) is 17.4. The van der Waals surface area contributed by atoms with Gasteiger partial charge in [0.1, 0.15) is 17.6 Å². The van der Waals surface area contributed by atoms with Crippen molar-refractivity contribution in [1.82, 2.24) is 14.8 Å². The number of aliphatic carboxylic acids is 1. The van der Waals surface area contributed by atoms with Crippen LogP contribution >= 0.6 is 0 Å². The van der Waals surface area contributed by atoms with Gasteiger partial charge in [-0.25, -0.2) is 4.79 Å². The molecule has 0 radical (unpaired) electrons. The van der Waals surface area contributed by atoms with Gasteiger partial charge < -0.3 is 20.5 Å². The Morgan fingerprint density at radius 1 is 1.29 bits per heavy atom. The first kappa shape index (κ1) is 21.8. The molecule has 1 aliphatic rings. The van der Waals surface area contributed by atoms with Gasteiger partial charge in [-0.15, -0.1) is 0 Å². The number of hydrogen-bond acceptors (Lipinski definition) is 6.